The molecule has 2 rings (SSSR count). The lowest BCUT2D eigenvalue weighted by Gasteiger charge is -2.24. The molecule has 1 aliphatic rings. The maximum atomic E-state index is 5.40. The van der Waals surface area contributed by atoms with E-state index >= 15 is 0 Å². The van der Waals surface area contributed by atoms with Crippen molar-refractivity contribution < 1.29 is 4.74 Å². The lowest BCUT2D eigenvalue weighted by Crippen LogP contribution is -2.28. The van der Waals surface area contributed by atoms with Gasteiger partial charge in [-0.05, 0) is 43.1 Å². The topological polar surface area (TPSA) is 21.3 Å². The van der Waals surface area contributed by atoms with Crippen LogP contribution in [0.3, 0.4) is 0 Å². The molecule has 15 heavy (non-hydrogen) atoms. The van der Waals surface area contributed by atoms with E-state index in [1.54, 1.807) is 7.11 Å². The van der Waals surface area contributed by atoms with Gasteiger partial charge in [-0.15, -0.1) is 0 Å². The quantitative estimate of drug-likeness (QED) is 0.892. The molecule has 3 heteroatoms. The third-order valence-electron chi connectivity index (χ3n) is 2.93. The fourth-order valence-electron chi connectivity index (χ4n) is 2.14. The maximum Gasteiger partial charge on any atom is 0.122 e. The number of rotatable bonds is 2. The number of ether oxygens (including phenoxy) is 1. The monoisotopic (exact) mass is 269 g/mol. The molecule has 0 saturated carbocycles. The fraction of sp³-hybridized carbons (Fsp3) is 0.500. The predicted molar refractivity (Wildman–Crippen MR) is 65.5 cm³/mol. The van der Waals surface area contributed by atoms with Gasteiger partial charge in [0, 0.05) is 16.9 Å². The number of halogens is 1. The van der Waals surface area contributed by atoms with Crippen LogP contribution in [0.4, 0.5) is 0 Å². The second-order valence-corrected chi connectivity index (χ2v) is 4.85. The molecule has 0 aromatic heterocycles. The normalized spacial score (nSPS) is 21.3. The molecule has 1 aromatic rings. The van der Waals surface area contributed by atoms with Crippen LogP contribution in [0.5, 0.6) is 5.75 Å². The summed E-state index contributed by atoms with van der Waals surface area (Å²) in [6, 6.07) is 6.24. The molecule has 1 heterocycles. The van der Waals surface area contributed by atoms with Crippen molar-refractivity contribution in [2.75, 3.05) is 20.2 Å². The van der Waals surface area contributed by atoms with E-state index in [1.165, 1.54) is 18.4 Å². The van der Waals surface area contributed by atoms with Crippen LogP contribution in [-0.4, -0.2) is 20.2 Å². The Kier molecular flexibility index (Phi) is 3.65. The molecule has 0 radical (unpaired) electrons. The van der Waals surface area contributed by atoms with Gasteiger partial charge in [0.05, 0.1) is 7.11 Å². The first-order chi connectivity index (χ1) is 7.31. The molecular weight excluding hydrogens is 254 g/mol. The summed E-state index contributed by atoms with van der Waals surface area (Å²) in [5.74, 6) is 1.60. The van der Waals surface area contributed by atoms with Crippen LogP contribution in [0, 0.1) is 0 Å². The van der Waals surface area contributed by atoms with Crippen molar-refractivity contribution in [3.63, 3.8) is 0 Å². The maximum absolute atomic E-state index is 5.40. The second-order valence-electron chi connectivity index (χ2n) is 3.93. The first-order valence-electron chi connectivity index (χ1n) is 5.35. The SMILES string of the molecule is COc1ccc(Br)cc1C1CCCNC1. The molecular formula is C12H16BrNO. The summed E-state index contributed by atoms with van der Waals surface area (Å²) >= 11 is 3.52. The van der Waals surface area contributed by atoms with Crippen molar-refractivity contribution in [1.82, 2.24) is 5.32 Å². The van der Waals surface area contributed by atoms with Crippen molar-refractivity contribution in [3.05, 3.63) is 28.2 Å². The van der Waals surface area contributed by atoms with E-state index < -0.39 is 0 Å². The van der Waals surface area contributed by atoms with Crippen molar-refractivity contribution in [2.45, 2.75) is 18.8 Å². The molecule has 0 aliphatic carbocycles. The standard InChI is InChI=1S/C12H16BrNO/c1-15-12-5-4-10(13)7-11(12)9-3-2-6-14-8-9/h4-5,7,9,14H,2-3,6,8H2,1H3. The summed E-state index contributed by atoms with van der Waals surface area (Å²) in [7, 11) is 1.74. The van der Waals surface area contributed by atoms with E-state index in [0.29, 0.717) is 5.92 Å². The molecule has 2 nitrogen and oxygen atoms in total. The minimum Gasteiger partial charge on any atom is -0.496 e. The average molecular weight is 270 g/mol. The van der Waals surface area contributed by atoms with Gasteiger partial charge in [-0.2, -0.15) is 0 Å². The highest BCUT2D eigenvalue weighted by atomic mass is 79.9. The summed E-state index contributed by atoms with van der Waals surface area (Å²) in [4.78, 5) is 0. The zero-order chi connectivity index (χ0) is 10.7. The molecule has 82 valence electrons. The Hall–Kier alpha value is -0.540. The Labute approximate surface area is 99.1 Å². The third kappa shape index (κ3) is 2.52. The zero-order valence-corrected chi connectivity index (χ0v) is 10.5. The van der Waals surface area contributed by atoms with E-state index in [0.717, 1.165) is 23.3 Å². The highest BCUT2D eigenvalue weighted by Gasteiger charge is 2.18. The van der Waals surface area contributed by atoms with Gasteiger partial charge in [0.15, 0.2) is 0 Å². The summed E-state index contributed by atoms with van der Waals surface area (Å²) in [6.07, 6.45) is 2.50. The van der Waals surface area contributed by atoms with Crippen molar-refractivity contribution >= 4 is 15.9 Å². The molecule has 0 amide bonds. The largest absolute Gasteiger partial charge is 0.496 e. The molecule has 1 aliphatic heterocycles. The molecule has 1 N–H and O–H groups in total. The van der Waals surface area contributed by atoms with Gasteiger partial charge in [0.25, 0.3) is 0 Å². The Bertz CT molecular complexity index is 334. The molecule has 1 atom stereocenters. The Morgan fingerprint density at radius 1 is 1.47 bits per heavy atom. The fourth-order valence-corrected chi connectivity index (χ4v) is 2.52. The van der Waals surface area contributed by atoms with Crippen LogP contribution >= 0.6 is 15.9 Å². The first-order valence-corrected chi connectivity index (χ1v) is 6.14. The summed E-state index contributed by atoms with van der Waals surface area (Å²) in [5, 5.41) is 3.43. The Morgan fingerprint density at radius 3 is 3.00 bits per heavy atom. The van der Waals surface area contributed by atoms with Crippen LogP contribution in [0.2, 0.25) is 0 Å². The number of benzene rings is 1. The predicted octanol–water partition coefficient (Wildman–Crippen LogP) is 2.92. The van der Waals surface area contributed by atoms with Crippen LogP contribution in [0.25, 0.3) is 0 Å². The van der Waals surface area contributed by atoms with Gasteiger partial charge in [-0.1, -0.05) is 15.9 Å². The van der Waals surface area contributed by atoms with Gasteiger partial charge >= 0.3 is 0 Å². The second kappa shape index (κ2) is 4.99. The van der Waals surface area contributed by atoms with Gasteiger partial charge in [0.2, 0.25) is 0 Å². The molecule has 0 bridgehead atoms. The molecule has 1 unspecified atom stereocenters. The smallest absolute Gasteiger partial charge is 0.122 e. The van der Waals surface area contributed by atoms with Gasteiger partial charge < -0.3 is 10.1 Å². The summed E-state index contributed by atoms with van der Waals surface area (Å²) < 4.78 is 6.53. The highest BCUT2D eigenvalue weighted by Crippen LogP contribution is 2.33. The minimum absolute atomic E-state index is 0.589. The van der Waals surface area contributed by atoms with Gasteiger partial charge in [0.1, 0.15) is 5.75 Å². The summed E-state index contributed by atoms with van der Waals surface area (Å²) in [6.45, 7) is 2.21. The number of hydrogen-bond donors (Lipinski definition) is 1. The zero-order valence-electron chi connectivity index (χ0n) is 8.92. The minimum atomic E-state index is 0.589. The van der Waals surface area contributed by atoms with E-state index in [1.807, 2.05) is 12.1 Å². The van der Waals surface area contributed by atoms with Crippen LogP contribution in [0.15, 0.2) is 22.7 Å². The first kappa shape index (κ1) is 11.0. The molecule has 1 aromatic carbocycles. The third-order valence-corrected chi connectivity index (χ3v) is 3.42. The van der Waals surface area contributed by atoms with E-state index in [9.17, 15) is 0 Å². The molecule has 1 saturated heterocycles. The lowest BCUT2D eigenvalue weighted by atomic mass is 9.91. The van der Waals surface area contributed by atoms with Crippen molar-refractivity contribution in [2.24, 2.45) is 0 Å². The number of methoxy groups -OCH3 is 1. The lowest BCUT2D eigenvalue weighted by molar-refractivity contribution is 0.392. The van der Waals surface area contributed by atoms with Crippen molar-refractivity contribution in [3.8, 4) is 5.75 Å². The van der Waals surface area contributed by atoms with Gasteiger partial charge in [-0.25, -0.2) is 0 Å². The highest BCUT2D eigenvalue weighted by molar-refractivity contribution is 9.10. The molecule has 1 fully saturated rings. The number of piperidine rings is 1. The van der Waals surface area contributed by atoms with Crippen LogP contribution in [0.1, 0.15) is 24.3 Å². The number of hydrogen-bond acceptors (Lipinski definition) is 2. The Balaban J connectivity index is 2.27. The Morgan fingerprint density at radius 2 is 2.33 bits per heavy atom. The van der Waals surface area contributed by atoms with Crippen LogP contribution in [-0.2, 0) is 0 Å². The average Bonchev–Trinajstić information content (AvgIpc) is 2.30. The van der Waals surface area contributed by atoms with Crippen molar-refractivity contribution in [1.29, 1.82) is 0 Å². The summed E-state index contributed by atoms with van der Waals surface area (Å²) in [5.41, 5.74) is 1.32. The van der Waals surface area contributed by atoms with Gasteiger partial charge in [-0.3, -0.25) is 0 Å². The van der Waals surface area contributed by atoms with E-state index in [2.05, 4.69) is 27.3 Å². The van der Waals surface area contributed by atoms with Crippen LogP contribution < -0.4 is 10.1 Å². The number of nitrogens with one attached hydrogen (secondary N) is 1. The van der Waals surface area contributed by atoms with E-state index in [4.69, 9.17) is 4.74 Å². The van der Waals surface area contributed by atoms with E-state index in [-0.39, 0.29) is 0 Å². The molecule has 0 spiro atoms.